The monoisotopic (exact) mass is 386 g/mol. The van der Waals surface area contributed by atoms with Gasteiger partial charge in [-0.05, 0) is 40.9 Å². The second-order valence-corrected chi connectivity index (χ2v) is 6.50. The first-order valence-electron chi connectivity index (χ1n) is 7.12. The highest BCUT2D eigenvalue weighted by molar-refractivity contribution is 9.10. The van der Waals surface area contributed by atoms with E-state index in [-0.39, 0.29) is 18.7 Å². The maximum Gasteiger partial charge on any atom is 0.190 e. The Morgan fingerprint density at radius 2 is 2.29 bits per heavy atom. The molecule has 1 atom stereocenters. The van der Waals surface area contributed by atoms with Crippen molar-refractivity contribution in [3.05, 3.63) is 57.1 Å². The van der Waals surface area contributed by atoms with E-state index in [9.17, 15) is 9.90 Å². The summed E-state index contributed by atoms with van der Waals surface area (Å²) in [6.45, 7) is 10.2. The third kappa shape index (κ3) is 3.88. The Bertz CT molecular complexity index is 872. The Morgan fingerprint density at radius 3 is 2.83 bits per heavy atom. The maximum absolute atomic E-state index is 12.4. The van der Waals surface area contributed by atoms with E-state index in [2.05, 4.69) is 25.9 Å². The largest absolute Gasteiger partial charge is 0.380 e. The Balaban J connectivity index is 2.14. The number of benzene rings is 1. The number of ketones is 1. The number of aryl methyl sites for hydroxylation is 1. The van der Waals surface area contributed by atoms with Crippen LogP contribution in [-0.4, -0.2) is 26.3 Å². The van der Waals surface area contributed by atoms with Crippen molar-refractivity contribution in [3.63, 3.8) is 0 Å². The van der Waals surface area contributed by atoms with E-state index < -0.39 is 5.60 Å². The predicted octanol–water partition coefficient (Wildman–Crippen LogP) is 2.94. The smallest absolute Gasteiger partial charge is 0.190 e. The molecule has 2 aromatic rings. The van der Waals surface area contributed by atoms with Gasteiger partial charge in [-0.3, -0.25) is 9.48 Å². The van der Waals surface area contributed by atoms with Crippen LogP contribution in [0.25, 0.3) is 4.85 Å². The summed E-state index contributed by atoms with van der Waals surface area (Å²) in [6, 6.07) is 7.13. The maximum atomic E-state index is 12.4. The van der Waals surface area contributed by atoms with Crippen molar-refractivity contribution in [3.8, 4) is 6.07 Å². The fraction of sp³-hybridized carbons (Fsp3) is 0.294. The van der Waals surface area contributed by atoms with E-state index in [0.29, 0.717) is 15.9 Å². The number of carbonyl (C=O) groups is 1. The van der Waals surface area contributed by atoms with Gasteiger partial charge in [0.15, 0.2) is 11.5 Å². The number of hydrogen-bond acceptors (Lipinski definition) is 4. The van der Waals surface area contributed by atoms with Crippen molar-refractivity contribution < 1.29 is 9.90 Å². The highest BCUT2D eigenvalue weighted by Gasteiger charge is 2.31. The molecule has 0 spiro atoms. The molecule has 122 valence electrons. The molecule has 1 aromatic carbocycles. The van der Waals surface area contributed by atoms with Gasteiger partial charge >= 0.3 is 0 Å². The summed E-state index contributed by atoms with van der Waals surface area (Å²) in [4.78, 5) is 15.8. The molecule has 2 rings (SSSR count). The van der Waals surface area contributed by atoms with Gasteiger partial charge in [-0.15, -0.1) is 0 Å². The lowest BCUT2D eigenvalue weighted by Gasteiger charge is -2.22. The normalized spacial score (nSPS) is 12.9. The Hall–Kier alpha value is -2.48. The van der Waals surface area contributed by atoms with Gasteiger partial charge < -0.3 is 5.11 Å². The van der Waals surface area contributed by atoms with Gasteiger partial charge in [0.1, 0.15) is 21.8 Å². The van der Waals surface area contributed by atoms with E-state index in [1.165, 1.54) is 17.8 Å². The van der Waals surface area contributed by atoms with E-state index in [0.717, 1.165) is 11.1 Å². The van der Waals surface area contributed by atoms with Crippen molar-refractivity contribution in [2.45, 2.75) is 32.4 Å². The highest BCUT2D eigenvalue weighted by atomic mass is 79.9. The topological polar surface area (TPSA) is 83.3 Å². The quantitative estimate of drug-likeness (QED) is 0.800. The first-order valence-corrected chi connectivity index (χ1v) is 7.92. The molecule has 0 radical (unpaired) electrons. The lowest BCUT2D eigenvalue weighted by molar-refractivity contribution is -0.136. The molecule has 0 saturated heterocycles. The van der Waals surface area contributed by atoms with Crippen molar-refractivity contribution in [2.75, 3.05) is 0 Å². The number of hydrogen-bond donors (Lipinski definition) is 1. The number of halogens is 1. The third-order valence-electron chi connectivity index (χ3n) is 3.65. The highest BCUT2D eigenvalue weighted by Crippen LogP contribution is 2.22. The van der Waals surface area contributed by atoms with Crippen molar-refractivity contribution in [1.29, 1.82) is 5.26 Å². The lowest BCUT2D eigenvalue weighted by Crippen LogP contribution is -2.40. The van der Waals surface area contributed by atoms with E-state index in [1.54, 1.807) is 18.2 Å². The molecule has 6 nitrogen and oxygen atoms in total. The fourth-order valence-corrected chi connectivity index (χ4v) is 2.68. The molecule has 0 bridgehead atoms. The second kappa shape index (κ2) is 6.96. The zero-order chi connectivity index (χ0) is 17.9. The Labute approximate surface area is 148 Å². The minimum Gasteiger partial charge on any atom is -0.380 e. The molecule has 1 N–H and O–H groups in total. The first-order chi connectivity index (χ1) is 11.3. The number of Topliss-reactive ketones (excluding diaryl/α,β-unsaturated/α-hetero) is 1. The molecule has 0 saturated carbocycles. The second-order valence-electron chi connectivity index (χ2n) is 5.75. The minimum absolute atomic E-state index is 0.0504. The molecule has 0 fully saturated rings. The fourth-order valence-electron chi connectivity index (χ4n) is 2.29. The summed E-state index contributed by atoms with van der Waals surface area (Å²) >= 11 is 3.15. The summed E-state index contributed by atoms with van der Waals surface area (Å²) in [5.41, 5.74) is 0.797. The Kier molecular flexibility index (Phi) is 5.18. The summed E-state index contributed by atoms with van der Waals surface area (Å²) < 4.78 is 1.74. The molecule has 0 unspecified atom stereocenters. The van der Waals surface area contributed by atoms with Crippen LogP contribution in [0.1, 0.15) is 23.6 Å². The van der Waals surface area contributed by atoms with Crippen LogP contribution in [0, 0.1) is 24.8 Å². The summed E-state index contributed by atoms with van der Waals surface area (Å²) in [5, 5.41) is 23.5. The number of carbonyl (C=O) groups excluding carboxylic acids is 1. The Morgan fingerprint density at radius 1 is 1.58 bits per heavy atom. The van der Waals surface area contributed by atoms with Crippen LogP contribution in [0.5, 0.6) is 0 Å². The molecule has 0 aliphatic carbocycles. The first kappa shape index (κ1) is 17.9. The minimum atomic E-state index is -1.62. The van der Waals surface area contributed by atoms with Crippen LogP contribution >= 0.6 is 15.9 Å². The number of rotatable bonds is 5. The zero-order valence-electron chi connectivity index (χ0n) is 13.2. The van der Waals surface area contributed by atoms with Gasteiger partial charge in [-0.2, -0.15) is 10.4 Å². The number of nitrogens with zero attached hydrogens (tertiary/aromatic N) is 4. The SMILES string of the molecule is [C-]#[N+]c1ccc(CC(=O)[C@@](C)(O)Cn2cc(C#N)c(Br)n2)cc1C. The molecular weight excluding hydrogens is 372 g/mol. The lowest BCUT2D eigenvalue weighted by atomic mass is 9.94. The van der Waals surface area contributed by atoms with Gasteiger partial charge in [0.25, 0.3) is 0 Å². The van der Waals surface area contributed by atoms with Crippen molar-refractivity contribution in [2.24, 2.45) is 0 Å². The summed E-state index contributed by atoms with van der Waals surface area (Å²) in [7, 11) is 0. The van der Waals surface area contributed by atoms with Crippen LogP contribution in [0.15, 0.2) is 29.0 Å². The van der Waals surface area contributed by atoms with Gasteiger partial charge in [0, 0.05) is 12.6 Å². The number of nitriles is 1. The van der Waals surface area contributed by atoms with Crippen molar-refractivity contribution in [1.82, 2.24) is 9.78 Å². The molecular formula is C17H15BrN4O2. The zero-order valence-corrected chi connectivity index (χ0v) is 14.8. The summed E-state index contributed by atoms with van der Waals surface area (Å²) in [5.74, 6) is -0.359. The molecule has 1 heterocycles. The standard InChI is InChI=1S/C17H15BrN4O2/c1-11-6-12(4-5-14(11)20-3)7-15(23)17(2,24)10-22-9-13(8-19)16(18)21-22/h4-6,9,24H,7,10H2,1-2H3/t17-/m0/s1. The van der Waals surface area contributed by atoms with Crippen LogP contribution in [0.4, 0.5) is 5.69 Å². The van der Waals surface area contributed by atoms with Crippen molar-refractivity contribution >= 4 is 27.4 Å². The summed E-state index contributed by atoms with van der Waals surface area (Å²) in [6.07, 6.45) is 1.53. The van der Waals surface area contributed by atoms with Gasteiger partial charge in [0.2, 0.25) is 0 Å². The molecule has 0 aliphatic rings. The average molecular weight is 387 g/mol. The molecule has 0 aliphatic heterocycles. The van der Waals surface area contributed by atoms with Gasteiger partial charge in [0.05, 0.1) is 13.1 Å². The predicted molar refractivity (Wildman–Crippen MR) is 91.4 cm³/mol. The number of aromatic nitrogens is 2. The average Bonchev–Trinajstić information content (AvgIpc) is 2.86. The molecule has 0 amide bonds. The third-order valence-corrected chi connectivity index (χ3v) is 4.24. The van der Waals surface area contributed by atoms with Crippen LogP contribution in [-0.2, 0) is 17.8 Å². The number of aliphatic hydroxyl groups is 1. The molecule has 24 heavy (non-hydrogen) atoms. The van der Waals surface area contributed by atoms with E-state index >= 15 is 0 Å². The molecule has 1 aromatic heterocycles. The van der Waals surface area contributed by atoms with Crippen LogP contribution in [0.3, 0.4) is 0 Å². The van der Waals surface area contributed by atoms with Crippen LogP contribution in [0.2, 0.25) is 0 Å². The van der Waals surface area contributed by atoms with E-state index in [4.69, 9.17) is 11.8 Å². The van der Waals surface area contributed by atoms with Crippen LogP contribution < -0.4 is 0 Å². The van der Waals surface area contributed by atoms with E-state index in [1.807, 2.05) is 13.0 Å². The van der Waals surface area contributed by atoms with Gasteiger partial charge in [-0.1, -0.05) is 18.2 Å². The molecule has 7 heteroatoms. The van der Waals surface area contributed by atoms with Gasteiger partial charge in [-0.25, -0.2) is 4.85 Å².